The van der Waals surface area contributed by atoms with Gasteiger partial charge in [0.1, 0.15) is 5.66 Å². The molecule has 0 radical (unpaired) electrons. The molecule has 2 heterocycles. The van der Waals surface area contributed by atoms with Crippen molar-refractivity contribution in [3.05, 3.63) is 41.8 Å². The van der Waals surface area contributed by atoms with Crippen LogP contribution in [0.2, 0.25) is 0 Å². The smallest absolute Gasteiger partial charge is 0.220 e. The fourth-order valence-electron chi connectivity index (χ4n) is 3.71. The van der Waals surface area contributed by atoms with E-state index in [1.165, 1.54) is 16.9 Å². The molecule has 0 amide bonds. The number of rotatable bonds is 2. The van der Waals surface area contributed by atoms with Gasteiger partial charge in [0, 0.05) is 10.6 Å². The van der Waals surface area contributed by atoms with Crippen LogP contribution in [0.4, 0.5) is 5.69 Å². The molecule has 0 atom stereocenters. The van der Waals surface area contributed by atoms with E-state index in [-0.39, 0.29) is 5.66 Å². The van der Waals surface area contributed by atoms with Crippen molar-refractivity contribution in [2.75, 3.05) is 4.90 Å². The van der Waals surface area contributed by atoms with Gasteiger partial charge in [-0.2, -0.15) is 4.99 Å². The van der Waals surface area contributed by atoms with Crippen molar-refractivity contribution in [1.29, 1.82) is 0 Å². The molecule has 0 unspecified atom stereocenters. The fraction of sp³-hybridized carbons (Fsp3) is 0.333. The van der Waals surface area contributed by atoms with Crippen LogP contribution in [0, 0.1) is 0 Å². The minimum atomic E-state index is -0.376. The van der Waals surface area contributed by atoms with Gasteiger partial charge in [-0.3, -0.25) is 4.90 Å². The van der Waals surface area contributed by atoms with E-state index >= 15 is 0 Å². The molecule has 5 nitrogen and oxygen atoms in total. The monoisotopic (exact) mass is 339 g/mol. The lowest BCUT2D eigenvalue weighted by Gasteiger charge is -2.45. The second kappa shape index (κ2) is 5.94. The lowest BCUT2D eigenvalue weighted by molar-refractivity contribution is 0.305. The Labute approximate surface area is 145 Å². The van der Waals surface area contributed by atoms with Crippen LogP contribution in [-0.2, 0) is 0 Å². The van der Waals surface area contributed by atoms with Crippen LogP contribution >= 0.6 is 11.3 Å². The SMILES string of the molecule is NC1=NC2(CCCCC2)N(c2ccc(-c3cccs3)cc2)C(N)=N1. The van der Waals surface area contributed by atoms with Gasteiger partial charge in [0.2, 0.25) is 11.9 Å². The zero-order valence-corrected chi connectivity index (χ0v) is 14.3. The number of aliphatic imine (C=N–C) groups is 2. The van der Waals surface area contributed by atoms with Gasteiger partial charge < -0.3 is 11.5 Å². The quantitative estimate of drug-likeness (QED) is 0.878. The Morgan fingerprint density at radius 3 is 2.42 bits per heavy atom. The Morgan fingerprint density at radius 2 is 1.75 bits per heavy atom. The molecule has 24 heavy (non-hydrogen) atoms. The average Bonchev–Trinajstić information content (AvgIpc) is 3.10. The van der Waals surface area contributed by atoms with Crippen molar-refractivity contribution >= 4 is 28.9 Å². The first-order valence-corrected chi connectivity index (χ1v) is 9.20. The van der Waals surface area contributed by atoms with E-state index in [2.05, 4.69) is 51.7 Å². The molecular formula is C18H21N5S. The molecule has 2 aliphatic rings. The molecule has 0 saturated heterocycles. The van der Waals surface area contributed by atoms with E-state index in [1.54, 1.807) is 11.3 Å². The average molecular weight is 339 g/mol. The molecule has 1 saturated carbocycles. The Hall–Kier alpha value is -2.34. The maximum absolute atomic E-state index is 6.26. The highest BCUT2D eigenvalue weighted by molar-refractivity contribution is 7.13. The van der Waals surface area contributed by atoms with Crippen molar-refractivity contribution in [3.63, 3.8) is 0 Å². The van der Waals surface area contributed by atoms with Gasteiger partial charge in [-0.15, -0.1) is 11.3 Å². The van der Waals surface area contributed by atoms with Crippen molar-refractivity contribution in [3.8, 4) is 10.4 Å². The Balaban J connectivity index is 1.71. The van der Waals surface area contributed by atoms with Gasteiger partial charge in [-0.1, -0.05) is 24.6 Å². The Bertz CT molecular complexity index is 770. The minimum Gasteiger partial charge on any atom is -0.369 e. The van der Waals surface area contributed by atoms with Crippen LogP contribution in [0.15, 0.2) is 51.8 Å². The van der Waals surface area contributed by atoms with Gasteiger partial charge >= 0.3 is 0 Å². The minimum absolute atomic E-state index is 0.292. The maximum Gasteiger partial charge on any atom is 0.220 e. The Kier molecular flexibility index (Phi) is 3.76. The molecule has 124 valence electrons. The van der Waals surface area contributed by atoms with E-state index in [0.29, 0.717) is 11.9 Å². The number of benzene rings is 1. The molecule has 6 heteroatoms. The summed E-state index contributed by atoms with van der Waals surface area (Å²) in [4.78, 5) is 12.3. The molecule has 0 bridgehead atoms. The van der Waals surface area contributed by atoms with Crippen molar-refractivity contribution in [1.82, 2.24) is 0 Å². The van der Waals surface area contributed by atoms with Gasteiger partial charge in [-0.05, 0) is 54.8 Å². The van der Waals surface area contributed by atoms with Crippen molar-refractivity contribution in [2.24, 2.45) is 21.5 Å². The summed E-state index contributed by atoms with van der Waals surface area (Å²) < 4.78 is 0. The number of nitrogens with two attached hydrogens (primary N) is 2. The first-order valence-electron chi connectivity index (χ1n) is 8.32. The van der Waals surface area contributed by atoms with E-state index in [9.17, 15) is 0 Å². The summed E-state index contributed by atoms with van der Waals surface area (Å²) in [6, 6.07) is 12.7. The predicted molar refractivity (Wildman–Crippen MR) is 101 cm³/mol. The zero-order chi connectivity index (χ0) is 16.6. The number of thiophene rings is 1. The molecule has 1 aliphatic heterocycles. The number of anilines is 1. The highest BCUT2D eigenvalue weighted by atomic mass is 32.1. The van der Waals surface area contributed by atoms with Crippen LogP contribution in [0.5, 0.6) is 0 Å². The molecular weight excluding hydrogens is 318 g/mol. The number of hydrogen-bond donors (Lipinski definition) is 2. The predicted octanol–water partition coefficient (Wildman–Crippen LogP) is 3.52. The highest BCUT2D eigenvalue weighted by Gasteiger charge is 2.42. The molecule has 4 rings (SSSR count). The van der Waals surface area contributed by atoms with Crippen molar-refractivity contribution in [2.45, 2.75) is 37.8 Å². The number of nitrogens with zero attached hydrogens (tertiary/aromatic N) is 3. The highest BCUT2D eigenvalue weighted by Crippen LogP contribution is 2.40. The fourth-order valence-corrected chi connectivity index (χ4v) is 4.45. The summed E-state index contributed by atoms with van der Waals surface area (Å²) >= 11 is 1.74. The van der Waals surface area contributed by atoms with E-state index in [4.69, 9.17) is 16.5 Å². The van der Waals surface area contributed by atoms with Gasteiger partial charge in [-0.25, -0.2) is 4.99 Å². The van der Waals surface area contributed by atoms with Gasteiger partial charge in [0.15, 0.2) is 0 Å². The summed E-state index contributed by atoms with van der Waals surface area (Å²) in [5.41, 5.74) is 14.0. The first kappa shape index (κ1) is 15.2. The molecule has 4 N–H and O–H groups in total. The zero-order valence-electron chi connectivity index (χ0n) is 13.5. The lowest BCUT2D eigenvalue weighted by atomic mass is 9.87. The molecule has 1 fully saturated rings. The normalized spacial score (nSPS) is 19.9. The second-order valence-electron chi connectivity index (χ2n) is 6.34. The summed E-state index contributed by atoms with van der Waals surface area (Å²) in [7, 11) is 0. The van der Waals surface area contributed by atoms with Gasteiger partial charge in [0.25, 0.3) is 0 Å². The van der Waals surface area contributed by atoms with E-state index < -0.39 is 0 Å². The third-order valence-electron chi connectivity index (χ3n) is 4.78. The third kappa shape index (κ3) is 2.57. The summed E-state index contributed by atoms with van der Waals surface area (Å²) in [6.45, 7) is 0. The summed E-state index contributed by atoms with van der Waals surface area (Å²) in [5, 5.41) is 2.09. The summed E-state index contributed by atoms with van der Waals surface area (Å²) in [5.74, 6) is 0.731. The van der Waals surface area contributed by atoms with E-state index in [0.717, 1.165) is 31.4 Å². The first-order chi connectivity index (χ1) is 11.7. The van der Waals surface area contributed by atoms with Crippen LogP contribution in [0.25, 0.3) is 10.4 Å². The Morgan fingerprint density at radius 1 is 1.00 bits per heavy atom. The molecule has 1 spiro atoms. The number of hydrogen-bond acceptors (Lipinski definition) is 6. The van der Waals surface area contributed by atoms with Gasteiger partial charge in [0.05, 0.1) is 0 Å². The van der Waals surface area contributed by atoms with Crippen LogP contribution in [0.1, 0.15) is 32.1 Å². The second-order valence-corrected chi connectivity index (χ2v) is 7.29. The summed E-state index contributed by atoms with van der Waals surface area (Å²) in [6.07, 6.45) is 5.41. The molecule has 1 aromatic heterocycles. The van der Waals surface area contributed by atoms with E-state index in [1.807, 2.05) is 0 Å². The number of guanidine groups is 2. The van der Waals surface area contributed by atoms with Crippen molar-refractivity contribution < 1.29 is 0 Å². The molecule has 1 aromatic carbocycles. The third-order valence-corrected chi connectivity index (χ3v) is 5.70. The van der Waals surface area contributed by atoms with Crippen LogP contribution in [0.3, 0.4) is 0 Å². The maximum atomic E-state index is 6.26. The largest absolute Gasteiger partial charge is 0.369 e. The van der Waals surface area contributed by atoms with Crippen LogP contribution < -0.4 is 16.4 Å². The molecule has 1 aliphatic carbocycles. The standard InChI is InChI=1S/C18H21N5S/c19-16-21-17(20)23(18(22-16)10-2-1-3-11-18)14-8-6-13(7-9-14)15-5-4-12-24-15/h4-9,12H,1-3,10-11H2,(H4,19,20,21,22). The molecule has 2 aromatic rings. The lowest BCUT2D eigenvalue weighted by Crippen LogP contribution is -2.58. The topological polar surface area (TPSA) is 80.0 Å². The van der Waals surface area contributed by atoms with Crippen LogP contribution in [-0.4, -0.2) is 17.6 Å².